The summed E-state index contributed by atoms with van der Waals surface area (Å²) < 4.78 is 0. The second kappa shape index (κ2) is 3.67. The van der Waals surface area contributed by atoms with Crippen molar-refractivity contribution in [2.45, 2.75) is 19.8 Å². The van der Waals surface area contributed by atoms with Gasteiger partial charge in [0.1, 0.15) is 0 Å². The van der Waals surface area contributed by atoms with E-state index in [1.54, 1.807) is 6.08 Å². The smallest absolute Gasteiger partial charge is 0.158 e. The number of carbonyl (C=O) groups is 1. The highest BCUT2D eigenvalue weighted by molar-refractivity contribution is 5.93. The molecule has 1 fully saturated rings. The molecule has 0 amide bonds. The minimum atomic E-state index is 0.317. The number of carbonyl (C=O) groups excluding carboxylic acids is 1. The van der Waals surface area contributed by atoms with Gasteiger partial charge in [0.05, 0.1) is 0 Å². The van der Waals surface area contributed by atoms with Gasteiger partial charge in [-0.2, -0.15) is 0 Å². The average Bonchev–Trinajstić information content (AvgIpc) is 2.67. The molecule has 0 bridgehead atoms. The Bertz CT molecular complexity index is 180. The van der Waals surface area contributed by atoms with Crippen LogP contribution in [0.15, 0.2) is 11.6 Å². The molecule has 0 saturated heterocycles. The Kier molecular flexibility index (Phi) is 2.83. The minimum absolute atomic E-state index is 0.317. The summed E-state index contributed by atoms with van der Waals surface area (Å²) in [7, 11) is 1.89. The molecule has 0 aliphatic heterocycles. The Morgan fingerprint density at radius 2 is 2.27 bits per heavy atom. The van der Waals surface area contributed by atoms with E-state index in [0.29, 0.717) is 11.7 Å². The van der Waals surface area contributed by atoms with Gasteiger partial charge in [0, 0.05) is 12.5 Å². The molecular formula is C9H15NO. The molecular weight excluding hydrogens is 138 g/mol. The van der Waals surface area contributed by atoms with E-state index in [4.69, 9.17) is 0 Å². The lowest BCUT2D eigenvalue weighted by Gasteiger charge is -1.97. The fourth-order valence-corrected chi connectivity index (χ4v) is 1.06. The summed E-state index contributed by atoms with van der Waals surface area (Å²) in [5.41, 5.74) is 1.13. The third-order valence-electron chi connectivity index (χ3n) is 1.82. The first-order valence-corrected chi connectivity index (χ1v) is 4.09. The maximum atomic E-state index is 11.2. The molecule has 0 aromatic heterocycles. The van der Waals surface area contributed by atoms with Gasteiger partial charge in [0.2, 0.25) is 0 Å². The minimum Gasteiger partial charge on any atom is -0.316 e. The van der Waals surface area contributed by atoms with Gasteiger partial charge in [0.25, 0.3) is 0 Å². The number of likely N-dealkylation sites (N-methyl/N-ethyl adjacent to an activating group) is 1. The summed E-state index contributed by atoms with van der Waals surface area (Å²) in [6.45, 7) is 2.80. The quantitative estimate of drug-likeness (QED) is 0.613. The summed E-state index contributed by atoms with van der Waals surface area (Å²) in [4.78, 5) is 11.2. The van der Waals surface area contributed by atoms with Crippen LogP contribution in [0.25, 0.3) is 0 Å². The van der Waals surface area contributed by atoms with Crippen LogP contribution in [0.3, 0.4) is 0 Å². The zero-order valence-electron chi connectivity index (χ0n) is 7.18. The zero-order valence-corrected chi connectivity index (χ0v) is 7.18. The van der Waals surface area contributed by atoms with E-state index >= 15 is 0 Å². The Morgan fingerprint density at radius 3 is 2.73 bits per heavy atom. The maximum Gasteiger partial charge on any atom is 0.158 e. The molecule has 1 N–H and O–H groups in total. The van der Waals surface area contributed by atoms with Crippen LogP contribution in [0.5, 0.6) is 0 Å². The van der Waals surface area contributed by atoms with Crippen molar-refractivity contribution in [2.24, 2.45) is 5.92 Å². The van der Waals surface area contributed by atoms with Gasteiger partial charge < -0.3 is 5.32 Å². The maximum absolute atomic E-state index is 11.2. The topological polar surface area (TPSA) is 29.1 Å². The Morgan fingerprint density at radius 1 is 1.64 bits per heavy atom. The summed E-state index contributed by atoms with van der Waals surface area (Å²) in [6, 6.07) is 0. The van der Waals surface area contributed by atoms with Crippen molar-refractivity contribution in [3.05, 3.63) is 11.6 Å². The van der Waals surface area contributed by atoms with Crippen LogP contribution in [0.4, 0.5) is 0 Å². The molecule has 0 spiro atoms. The van der Waals surface area contributed by atoms with E-state index in [1.165, 1.54) is 0 Å². The Hall–Kier alpha value is -0.630. The standard InChI is InChI=1S/C9H15NO/c1-7(6-10-2)5-9(11)8-3-4-8/h5,8,10H,3-4,6H2,1-2H3/b7-5-. The van der Waals surface area contributed by atoms with Gasteiger partial charge in [-0.05, 0) is 32.9 Å². The number of rotatable bonds is 4. The number of allylic oxidation sites excluding steroid dienone is 1. The Labute approximate surface area is 67.7 Å². The van der Waals surface area contributed by atoms with Crippen LogP contribution in [0.2, 0.25) is 0 Å². The van der Waals surface area contributed by atoms with Crippen molar-refractivity contribution in [3.63, 3.8) is 0 Å². The molecule has 0 unspecified atom stereocenters. The van der Waals surface area contributed by atoms with Crippen LogP contribution in [-0.4, -0.2) is 19.4 Å². The van der Waals surface area contributed by atoms with E-state index in [9.17, 15) is 4.79 Å². The summed E-state index contributed by atoms with van der Waals surface area (Å²) in [5, 5.41) is 3.01. The van der Waals surface area contributed by atoms with E-state index < -0.39 is 0 Å². The molecule has 1 rings (SSSR count). The first-order valence-electron chi connectivity index (χ1n) is 4.09. The van der Waals surface area contributed by atoms with Crippen molar-refractivity contribution >= 4 is 5.78 Å². The van der Waals surface area contributed by atoms with Crippen LogP contribution in [0.1, 0.15) is 19.8 Å². The van der Waals surface area contributed by atoms with Gasteiger partial charge in [-0.15, -0.1) is 0 Å². The second-order valence-electron chi connectivity index (χ2n) is 3.20. The van der Waals surface area contributed by atoms with Crippen molar-refractivity contribution in [2.75, 3.05) is 13.6 Å². The molecule has 62 valence electrons. The molecule has 1 aliphatic rings. The van der Waals surface area contributed by atoms with Gasteiger partial charge in [-0.3, -0.25) is 4.79 Å². The van der Waals surface area contributed by atoms with Gasteiger partial charge in [0.15, 0.2) is 5.78 Å². The van der Waals surface area contributed by atoms with Crippen molar-refractivity contribution in [1.82, 2.24) is 5.32 Å². The molecule has 0 aromatic rings. The fourth-order valence-electron chi connectivity index (χ4n) is 1.06. The molecule has 11 heavy (non-hydrogen) atoms. The van der Waals surface area contributed by atoms with Crippen LogP contribution >= 0.6 is 0 Å². The van der Waals surface area contributed by atoms with Gasteiger partial charge in [-0.1, -0.05) is 5.57 Å². The predicted octanol–water partition coefficient (Wildman–Crippen LogP) is 1.13. The lowest BCUT2D eigenvalue weighted by molar-refractivity contribution is -0.115. The lowest BCUT2D eigenvalue weighted by atomic mass is 10.2. The van der Waals surface area contributed by atoms with Crippen molar-refractivity contribution in [1.29, 1.82) is 0 Å². The third kappa shape index (κ3) is 2.85. The van der Waals surface area contributed by atoms with Gasteiger partial charge in [-0.25, -0.2) is 0 Å². The SMILES string of the molecule is CNC/C(C)=C\C(=O)C1CC1. The molecule has 0 atom stereocenters. The number of nitrogens with one attached hydrogen (secondary N) is 1. The monoisotopic (exact) mass is 153 g/mol. The highest BCUT2D eigenvalue weighted by Crippen LogP contribution is 2.30. The van der Waals surface area contributed by atoms with E-state index in [-0.39, 0.29) is 0 Å². The summed E-state index contributed by atoms with van der Waals surface area (Å²) in [6.07, 6.45) is 3.97. The largest absolute Gasteiger partial charge is 0.316 e. The normalized spacial score (nSPS) is 18.5. The van der Waals surface area contributed by atoms with E-state index in [2.05, 4.69) is 5.32 Å². The van der Waals surface area contributed by atoms with Crippen LogP contribution < -0.4 is 5.32 Å². The molecule has 1 aliphatic carbocycles. The van der Waals surface area contributed by atoms with Crippen LogP contribution in [-0.2, 0) is 4.79 Å². The summed E-state index contributed by atoms with van der Waals surface area (Å²) in [5.74, 6) is 0.680. The van der Waals surface area contributed by atoms with Crippen LogP contribution in [0, 0.1) is 5.92 Å². The molecule has 0 heterocycles. The fraction of sp³-hybridized carbons (Fsp3) is 0.667. The first-order chi connectivity index (χ1) is 5.24. The highest BCUT2D eigenvalue weighted by Gasteiger charge is 2.27. The molecule has 0 aromatic carbocycles. The van der Waals surface area contributed by atoms with E-state index in [0.717, 1.165) is 25.0 Å². The lowest BCUT2D eigenvalue weighted by Crippen LogP contribution is -2.10. The Balaban J connectivity index is 2.35. The predicted molar refractivity (Wildman–Crippen MR) is 45.4 cm³/mol. The number of hydrogen-bond acceptors (Lipinski definition) is 2. The van der Waals surface area contributed by atoms with Crippen molar-refractivity contribution < 1.29 is 4.79 Å². The highest BCUT2D eigenvalue weighted by atomic mass is 16.1. The summed E-state index contributed by atoms with van der Waals surface area (Å²) >= 11 is 0. The molecule has 2 heteroatoms. The van der Waals surface area contributed by atoms with Gasteiger partial charge >= 0.3 is 0 Å². The molecule has 2 nitrogen and oxygen atoms in total. The van der Waals surface area contributed by atoms with E-state index in [1.807, 2.05) is 14.0 Å². The molecule has 0 radical (unpaired) electrons. The third-order valence-corrected chi connectivity index (χ3v) is 1.82. The second-order valence-corrected chi connectivity index (χ2v) is 3.20. The van der Waals surface area contributed by atoms with Crippen molar-refractivity contribution in [3.8, 4) is 0 Å². The average molecular weight is 153 g/mol. The number of hydrogen-bond donors (Lipinski definition) is 1. The molecule has 1 saturated carbocycles. The first kappa shape index (κ1) is 8.47. The number of ketones is 1. The zero-order chi connectivity index (χ0) is 8.27.